The number of hydrogen-bond acceptors (Lipinski definition) is 4. The lowest BCUT2D eigenvalue weighted by Gasteiger charge is -2.14. The van der Waals surface area contributed by atoms with Gasteiger partial charge in [-0.3, -0.25) is 4.79 Å². The Hall–Kier alpha value is -1.78. The monoisotopic (exact) mass is 221 g/mol. The van der Waals surface area contributed by atoms with E-state index in [0.717, 1.165) is 12.8 Å². The third kappa shape index (κ3) is 2.08. The summed E-state index contributed by atoms with van der Waals surface area (Å²) in [5.41, 5.74) is 6.55. The molecule has 1 saturated carbocycles. The van der Waals surface area contributed by atoms with E-state index in [1.807, 2.05) is 0 Å². The molecule has 0 atom stereocenters. The van der Waals surface area contributed by atoms with Gasteiger partial charge in [-0.05, 0) is 18.9 Å². The Morgan fingerprint density at radius 1 is 1.56 bits per heavy atom. The molecule has 1 aliphatic rings. The van der Waals surface area contributed by atoms with Crippen LogP contribution in [0.15, 0.2) is 12.3 Å². The van der Waals surface area contributed by atoms with E-state index in [1.54, 1.807) is 20.2 Å². The van der Waals surface area contributed by atoms with Gasteiger partial charge >= 0.3 is 0 Å². The fraction of sp³-hybridized carbons (Fsp3) is 0.455. The van der Waals surface area contributed by atoms with Crippen LogP contribution in [-0.4, -0.2) is 36.0 Å². The number of amides is 1. The van der Waals surface area contributed by atoms with Crippen LogP contribution in [0.1, 0.15) is 23.3 Å². The van der Waals surface area contributed by atoms with E-state index in [1.165, 1.54) is 11.1 Å². The number of nitrogens with zero attached hydrogens (tertiary/aromatic N) is 2. The van der Waals surface area contributed by atoms with Gasteiger partial charge in [0.15, 0.2) is 11.4 Å². The van der Waals surface area contributed by atoms with Crippen molar-refractivity contribution in [3.05, 3.63) is 18.0 Å². The van der Waals surface area contributed by atoms with Crippen LogP contribution in [-0.2, 0) is 0 Å². The molecule has 1 aromatic heterocycles. The third-order valence-corrected chi connectivity index (χ3v) is 2.35. The van der Waals surface area contributed by atoms with E-state index >= 15 is 0 Å². The standard InChI is InChI=1S/C11H15N3O2/c1-14(2)11(15)9-10(16-7-3-4-7)8(12)5-6-13-9/h5-7H,3-4H2,1-2H3,(H2,12,13). The number of ether oxygens (including phenoxy) is 1. The molecule has 2 rings (SSSR count). The fourth-order valence-electron chi connectivity index (χ4n) is 1.30. The molecule has 86 valence electrons. The molecule has 0 spiro atoms. The zero-order chi connectivity index (χ0) is 11.7. The van der Waals surface area contributed by atoms with Crippen LogP contribution in [0.25, 0.3) is 0 Å². The van der Waals surface area contributed by atoms with Gasteiger partial charge in [-0.1, -0.05) is 0 Å². The first-order valence-electron chi connectivity index (χ1n) is 5.22. The second kappa shape index (κ2) is 4.00. The van der Waals surface area contributed by atoms with Crippen molar-refractivity contribution >= 4 is 11.6 Å². The number of anilines is 1. The summed E-state index contributed by atoms with van der Waals surface area (Å²) in [5, 5.41) is 0. The summed E-state index contributed by atoms with van der Waals surface area (Å²) < 4.78 is 5.62. The average Bonchev–Trinajstić information content (AvgIpc) is 3.03. The molecule has 0 saturated heterocycles. The number of pyridine rings is 1. The highest BCUT2D eigenvalue weighted by Crippen LogP contribution is 2.32. The minimum Gasteiger partial charge on any atom is -0.486 e. The van der Waals surface area contributed by atoms with Gasteiger partial charge in [0.2, 0.25) is 0 Å². The minimum absolute atomic E-state index is 0.192. The highest BCUT2D eigenvalue weighted by Gasteiger charge is 2.28. The molecule has 0 unspecified atom stereocenters. The van der Waals surface area contributed by atoms with Crippen LogP contribution in [0.3, 0.4) is 0 Å². The van der Waals surface area contributed by atoms with Gasteiger partial charge in [0.1, 0.15) is 0 Å². The number of carbonyl (C=O) groups is 1. The Balaban J connectivity index is 2.34. The van der Waals surface area contributed by atoms with Gasteiger partial charge in [-0.25, -0.2) is 4.98 Å². The SMILES string of the molecule is CN(C)C(=O)c1nccc(N)c1OC1CC1. The maximum atomic E-state index is 11.8. The van der Waals surface area contributed by atoms with E-state index < -0.39 is 0 Å². The van der Waals surface area contributed by atoms with E-state index in [0.29, 0.717) is 11.4 Å². The predicted octanol–water partition coefficient (Wildman–Crippen LogP) is 0.907. The molecule has 1 amide bonds. The Kier molecular flexibility index (Phi) is 2.68. The van der Waals surface area contributed by atoms with Crippen LogP contribution in [0, 0.1) is 0 Å². The molecule has 0 radical (unpaired) electrons. The molecule has 0 bridgehead atoms. The maximum Gasteiger partial charge on any atom is 0.275 e. The van der Waals surface area contributed by atoms with Crippen LogP contribution < -0.4 is 10.5 Å². The molecule has 1 fully saturated rings. The van der Waals surface area contributed by atoms with Crippen molar-refractivity contribution in [3.63, 3.8) is 0 Å². The first kappa shape index (κ1) is 10.7. The molecular weight excluding hydrogens is 206 g/mol. The molecule has 1 aliphatic carbocycles. The summed E-state index contributed by atoms with van der Waals surface area (Å²) in [6.45, 7) is 0. The molecule has 1 aromatic rings. The van der Waals surface area contributed by atoms with Gasteiger partial charge in [-0.15, -0.1) is 0 Å². The second-order valence-corrected chi connectivity index (χ2v) is 4.09. The summed E-state index contributed by atoms with van der Waals surface area (Å²) in [6.07, 6.45) is 3.75. The summed E-state index contributed by atoms with van der Waals surface area (Å²) >= 11 is 0. The Labute approximate surface area is 94.2 Å². The largest absolute Gasteiger partial charge is 0.486 e. The summed E-state index contributed by atoms with van der Waals surface area (Å²) in [5.74, 6) is 0.228. The van der Waals surface area contributed by atoms with Crippen molar-refractivity contribution in [2.75, 3.05) is 19.8 Å². The van der Waals surface area contributed by atoms with Crippen LogP contribution in [0.5, 0.6) is 5.75 Å². The van der Waals surface area contributed by atoms with E-state index in [9.17, 15) is 4.79 Å². The number of nitrogen functional groups attached to an aromatic ring is 1. The predicted molar refractivity (Wildman–Crippen MR) is 60.3 cm³/mol. The van der Waals surface area contributed by atoms with E-state index in [2.05, 4.69) is 4.98 Å². The van der Waals surface area contributed by atoms with Crippen molar-refractivity contribution in [3.8, 4) is 5.75 Å². The minimum atomic E-state index is -0.192. The number of aromatic nitrogens is 1. The second-order valence-electron chi connectivity index (χ2n) is 4.09. The number of nitrogens with two attached hydrogens (primary N) is 1. The van der Waals surface area contributed by atoms with Crippen molar-refractivity contribution in [1.29, 1.82) is 0 Å². The zero-order valence-electron chi connectivity index (χ0n) is 9.43. The maximum absolute atomic E-state index is 11.8. The first-order valence-corrected chi connectivity index (χ1v) is 5.22. The van der Waals surface area contributed by atoms with Gasteiger partial charge in [0.25, 0.3) is 5.91 Å². The van der Waals surface area contributed by atoms with Gasteiger partial charge in [-0.2, -0.15) is 0 Å². The first-order chi connectivity index (χ1) is 7.59. The molecule has 16 heavy (non-hydrogen) atoms. The van der Waals surface area contributed by atoms with E-state index in [4.69, 9.17) is 10.5 Å². The topological polar surface area (TPSA) is 68.5 Å². The lowest BCUT2D eigenvalue weighted by Crippen LogP contribution is -2.24. The summed E-state index contributed by atoms with van der Waals surface area (Å²) in [7, 11) is 3.35. The summed E-state index contributed by atoms with van der Waals surface area (Å²) in [4.78, 5) is 17.4. The molecule has 1 heterocycles. The smallest absolute Gasteiger partial charge is 0.275 e. The zero-order valence-corrected chi connectivity index (χ0v) is 9.43. The quantitative estimate of drug-likeness (QED) is 0.823. The number of rotatable bonds is 3. The molecule has 0 aliphatic heterocycles. The van der Waals surface area contributed by atoms with Crippen molar-refractivity contribution in [2.24, 2.45) is 0 Å². The van der Waals surface area contributed by atoms with E-state index in [-0.39, 0.29) is 17.7 Å². The number of hydrogen-bond donors (Lipinski definition) is 1. The Morgan fingerprint density at radius 3 is 2.81 bits per heavy atom. The van der Waals surface area contributed by atoms with Crippen molar-refractivity contribution in [2.45, 2.75) is 18.9 Å². The van der Waals surface area contributed by atoms with Crippen LogP contribution in [0.2, 0.25) is 0 Å². The van der Waals surface area contributed by atoms with Crippen molar-refractivity contribution in [1.82, 2.24) is 9.88 Å². The van der Waals surface area contributed by atoms with Gasteiger partial charge < -0.3 is 15.4 Å². The normalized spacial score (nSPS) is 14.6. The Morgan fingerprint density at radius 2 is 2.25 bits per heavy atom. The molecule has 5 heteroatoms. The average molecular weight is 221 g/mol. The Bertz CT molecular complexity index is 414. The molecule has 5 nitrogen and oxygen atoms in total. The molecular formula is C11H15N3O2. The lowest BCUT2D eigenvalue weighted by molar-refractivity contribution is 0.0817. The lowest BCUT2D eigenvalue weighted by atomic mass is 10.2. The molecule has 2 N–H and O–H groups in total. The van der Waals surface area contributed by atoms with Crippen molar-refractivity contribution < 1.29 is 9.53 Å². The van der Waals surface area contributed by atoms with Gasteiger partial charge in [0, 0.05) is 20.3 Å². The van der Waals surface area contributed by atoms with Crippen LogP contribution in [0.4, 0.5) is 5.69 Å². The van der Waals surface area contributed by atoms with Gasteiger partial charge in [0.05, 0.1) is 11.8 Å². The van der Waals surface area contributed by atoms with Crippen LogP contribution >= 0.6 is 0 Å². The third-order valence-electron chi connectivity index (χ3n) is 2.35. The highest BCUT2D eigenvalue weighted by atomic mass is 16.5. The highest BCUT2D eigenvalue weighted by molar-refractivity contribution is 5.96. The summed E-state index contributed by atoms with van der Waals surface area (Å²) in [6, 6.07) is 1.64. The number of carbonyl (C=O) groups excluding carboxylic acids is 1. The fourth-order valence-corrected chi connectivity index (χ4v) is 1.30. The molecule has 0 aromatic carbocycles.